The number of benzene rings is 1. The minimum absolute atomic E-state index is 0.591. The molecule has 0 atom stereocenters. The SMILES string of the molecule is COc1ccc2cnn(CCN)c2c1. The van der Waals surface area contributed by atoms with Crippen molar-refractivity contribution in [3.05, 3.63) is 24.4 Å². The molecule has 0 saturated carbocycles. The fourth-order valence-corrected chi connectivity index (χ4v) is 1.48. The summed E-state index contributed by atoms with van der Waals surface area (Å²) in [5, 5.41) is 5.35. The van der Waals surface area contributed by atoms with Crippen molar-refractivity contribution < 1.29 is 4.74 Å². The van der Waals surface area contributed by atoms with E-state index >= 15 is 0 Å². The summed E-state index contributed by atoms with van der Waals surface area (Å²) in [5.74, 6) is 0.844. The van der Waals surface area contributed by atoms with E-state index in [1.807, 2.05) is 29.1 Å². The highest BCUT2D eigenvalue weighted by Crippen LogP contribution is 2.19. The molecule has 4 nitrogen and oxygen atoms in total. The van der Waals surface area contributed by atoms with Crippen molar-refractivity contribution in [2.45, 2.75) is 6.54 Å². The Kier molecular flexibility index (Phi) is 2.37. The van der Waals surface area contributed by atoms with E-state index in [-0.39, 0.29) is 0 Å². The van der Waals surface area contributed by atoms with Crippen LogP contribution >= 0.6 is 0 Å². The summed E-state index contributed by atoms with van der Waals surface area (Å²) < 4.78 is 7.04. The molecule has 14 heavy (non-hydrogen) atoms. The quantitative estimate of drug-likeness (QED) is 0.787. The van der Waals surface area contributed by atoms with Gasteiger partial charge in [0, 0.05) is 18.0 Å². The molecule has 0 amide bonds. The first kappa shape index (κ1) is 9.02. The van der Waals surface area contributed by atoms with E-state index in [9.17, 15) is 0 Å². The predicted octanol–water partition coefficient (Wildman–Crippen LogP) is 1.00. The molecule has 0 fully saturated rings. The Morgan fingerprint density at radius 3 is 3.07 bits per heavy atom. The van der Waals surface area contributed by atoms with Crippen LogP contribution in [0.1, 0.15) is 0 Å². The summed E-state index contributed by atoms with van der Waals surface area (Å²) in [6.45, 7) is 1.32. The molecule has 74 valence electrons. The fourth-order valence-electron chi connectivity index (χ4n) is 1.48. The molecule has 1 aromatic carbocycles. The summed E-state index contributed by atoms with van der Waals surface area (Å²) >= 11 is 0. The van der Waals surface area contributed by atoms with E-state index in [2.05, 4.69) is 5.10 Å². The second kappa shape index (κ2) is 3.67. The lowest BCUT2D eigenvalue weighted by atomic mass is 10.2. The Morgan fingerprint density at radius 1 is 1.50 bits per heavy atom. The predicted molar refractivity (Wildman–Crippen MR) is 55.3 cm³/mol. The maximum absolute atomic E-state index is 5.49. The van der Waals surface area contributed by atoms with Gasteiger partial charge in [0.1, 0.15) is 5.75 Å². The van der Waals surface area contributed by atoms with Gasteiger partial charge in [0.15, 0.2) is 0 Å². The highest BCUT2D eigenvalue weighted by molar-refractivity contribution is 5.80. The summed E-state index contributed by atoms with van der Waals surface area (Å²) in [7, 11) is 1.66. The molecule has 0 bridgehead atoms. The maximum atomic E-state index is 5.49. The van der Waals surface area contributed by atoms with Gasteiger partial charge in [-0.1, -0.05) is 0 Å². The zero-order valence-corrected chi connectivity index (χ0v) is 8.10. The van der Waals surface area contributed by atoms with Gasteiger partial charge < -0.3 is 10.5 Å². The number of nitrogens with zero attached hydrogens (tertiary/aromatic N) is 2. The molecular weight excluding hydrogens is 178 g/mol. The lowest BCUT2D eigenvalue weighted by Crippen LogP contribution is -2.10. The van der Waals surface area contributed by atoms with Gasteiger partial charge in [-0.25, -0.2) is 0 Å². The zero-order valence-electron chi connectivity index (χ0n) is 8.10. The van der Waals surface area contributed by atoms with Crippen LogP contribution in [0.15, 0.2) is 24.4 Å². The standard InChI is InChI=1S/C10H13N3O/c1-14-9-3-2-8-7-12-13(5-4-11)10(8)6-9/h2-3,6-7H,4-5,11H2,1H3. The molecule has 0 aliphatic rings. The molecule has 1 aromatic heterocycles. The Morgan fingerprint density at radius 2 is 2.36 bits per heavy atom. The average Bonchev–Trinajstić information content (AvgIpc) is 2.61. The molecule has 2 N–H and O–H groups in total. The lowest BCUT2D eigenvalue weighted by molar-refractivity contribution is 0.415. The number of ether oxygens (including phenoxy) is 1. The summed E-state index contributed by atoms with van der Waals surface area (Å²) in [6.07, 6.45) is 1.84. The molecule has 0 aliphatic heterocycles. The Bertz CT molecular complexity index is 436. The van der Waals surface area contributed by atoms with Crippen LogP contribution in [0.2, 0.25) is 0 Å². The second-order valence-electron chi connectivity index (χ2n) is 3.08. The Balaban J connectivity index is 2.52. The summed E-state index contributed by atoms with van der Waals surface area (Å²) in [5.41, 5.74) is 6.55. The van der Waals surface area contributed by atoms with E-state index in [0.717, 1.165) is 23.2 Å². The van der Waals surface area contributed by atoms with Crippen LogP contribution in [0.25, 0.3) is 10.9 Å². The first-order valence-corrected chi connectivity index (χ1v) is 4.55. The second-order valence-corrected chi connectivity index (χ2v) is 3.08. The van der Waals surface area contributed by atoms with Crippen molar-refractivity contribution in [1.82, 2.24) is 9.78 Å². The van der Waals surface area contributed by atoms with Crippen LogP contribution in [0.5, 0.6) is 5.75 Å². The first-order valence-electron chi connectivity index (χ1n) is 4.55. The van der Waals surface area contributed by atoms with Crippen LogP contribution in [0, 0.1) is 0 Å². The molecule has 2 aromatic rings. The van der Waals surface area contributed by atoms with E-state index in [1.165, 1.54) is 0 Å². The van der Waals surface area contributed by atoms with E-state index in [1.54, 1.807) is 7.11 Å². The van der Waals surface area contributed by atoms with E-state index < -0.39 is 0 Å². The molecule has 0 radical (unpaired) electrons. The normalized spacial score (nSPS) is 10.7. The number of nitrogens with two attached hydrogens (primary N) is 1. The first-order chi connectivity index (χ1) is 6.85. The smallest absolute Gasteiger partial charge is 0.121 e. The van der Waals surface area contributed by atoms with Crippen LogP contribution in [-0.4, -0.2) is 23.4 Å². The molecule has 1 heterocycles. The van der Waals surface area contributed by atoms with Crippen molar-refractivity contribution in [3.8, 4) is 5.75 Å². The molecule has 0 saturated heterocycles. The third-order valence-electron chi connectivity index (χ3n) is 2.19. The largest absolute Gasteiger partial charge is 0.497 e. The highest BCUT2D eigenvalue weighted by atomic mass is 16.5. The number of hydrogen-bond donors (Lipinski definition) is 1. The molecule has 0 aliphatic carbocycles. The minimum atomic E-state index is 0.591. The van der Waals surface area contributed by atoms with Crippen molar-refractivity contribution in [1.29, 1.82) is 0 Å². The monoisotopic (exact) mass is 191 g/mol. The number of methoxy groups -OCH3 is 1. The van der Waals surface area contributed by atoms with Crippen LogP contribution in [-0.2, 0) is 6.54 Å². The van der Waals surface area contributed by atoms with Gasteiger partial charge in [-0.15, -0.1) is 0 Å². The van der Waals surface area contributed by atoms with Crippen molar-refractivity contribution >= 4 is 10.9 Å². The van der Waals surface area contributed by atoms with Crippen LogP contribution < -0.4 is 10.5 Å². The van der Waals surface area contributed by atoms with Gasteiger partial charge in [0.05, 0.1) is 25.4 Å². The van der Waals surface area contributed by atoms with Gasteiger partial charge in [-0.3, -0.25) is 4.68 Å². The minimum Gasteiger partial charge on any atom is -0.497 e. The average molecular weight is 191 g/mol. The highest BCUT2D eigenvalue weighted by Gasteiger charge is 2.02. The fraction of sp³-hybridized carbons (Fsp3) is 0.300. The Labute approximate surface area is 82.3 Å². The van der Waals surface area contributed by atoms with Gasteiger partial charge in [0.2, 0.25) is 0 Å². The number of hydrogen-bond acceptors (Lipinski definition) is 3. The van der Waals surface area contributed by atoms with Gasteiger partial charge >= 0.3 is 0 Å². The molecule has 2 rings (SSSR count). The van der Waals surface area contributed by atoms with E-state index in [0.29, 0.717) is 6.54 Å². The zero-order chi connectivity index (χ0) is 9.97. The topological polar surface area (TPSA) is 53.1 Å². The Hall–Kier alpha value is -1.55. The number of aromatic nitrogens is 2. The van der Waals surface area contributed by atoms with Crippen molar-refractivity contribution in [2.75, 3.05) is 13.7 Å². The van der Waals surface area contributed by atoms with Gasteiger partial charge in [0.25, 0.3) is 0 Å². The molecule has 4 heteroatoms. The molecule has 0 unspecified atom stereocenters. The molecule has 0 spiro atoms. The lowest BCUT2D eigenvalue weighted by Gasteiger charge is -2.02. The summed E-state index contributed by atoms with van der Waals surface area (Å²) in [6, 6.07) is 5.89. The van der Waals surface area contributed by atoms with Crippen LogP contribution in [0.4, 0.5) is 0 Å². The third kappa shape index (κ3) is 1.44. The van der Waals surface area contributed by atoms with Gasteiger partial charge in [-0.2, -0.15) is 5.10 Å². The van der Waals surface area contributed by atoms with Crippen molar-refractivity contribution in [2.24, 2.45) is 5.73 Å². The maximum Gasteiger partial charge on any atom is 0.121 e. The molecular formula is C10H13N3O. The van der Waals surface area contributed by atoms with Gasteiger partial charge in [-0.05, 0) is 12.1 Å². The number of rotatable bonds is 3. The summed E-state index contributed by atoms with van der Waals surface area (Å²) in [4.78, 5) is 0. The van der Waals surface area contributed by atoms with Crippen LogP contribution in [0.3, 0.4) is 0 Å². The van der Waals surface area contributed by atoms with Crippen molar-refractivity contribution in [3.63, 3.8) is 0 Å². The number of fused-ring (bicyclic) bond motifs is 1. The van der Waals surface area contributed by atoms with E-state index in [4.69, 9.17) is 10.5 Å². The third-order valence-corrected chi connectivity index (χ3v) is 2.19.